The van der Waals surface area contributed by atoms with E-state index in [-0.39, 0.29) is 5.91 Å². The van der Waals surface area contributed by atoms with Crippen LogP contribution in [-0.2, 0) is 14.8 Å². The summed E-state index contributed by atoms with van der Waals surface area (Å²) >= 11 is 1.90. The fraction of sp³-hybridized carbons (Fsp3) is 0.632. The van der Waals surface area contributed by atoms with Crippen LogP contribution in [0.2, 0.25) is 0 Å². The smallest absolute Gasteiger partial charge is 0.243 e. The van der Waals surface area contributed by atoms with E-state index >= 15 is 0 Å². The molecule has 1 aromatic carbocycles. The summed E-state index contributed by atoms with van der Waals surface area (Å²) < 4.78 is 31.3. The Labute approximate surface area is 167 Å². The number of carbonyl (C=O) groups excluding carboxylic acids is 1. The van der Waals surface area contributed by atoms with Crippen LogP contribution < -0.4 is 14.4 Å². The molecule has 0 heterocycles. The minimum atomic E-state index is -3.63. The van der Waals surface area contributed by atoms with Crippen molar-refractivity contribution in [2.45, 2.75) is 50.3 Å². The van der Waals surface area contributed by atoms with Gasteiger partial charge in [0.2, 0.25) is 15.9 Å². The minimum Gasteiger partial charge on any atom is -0.497 e. The highest BCUT2D eigenvalue weighted by Crippen LogP contribution is 2.29. The van der Waals surface area contributed by atoms with Crippen molar-refractivity contribution in [2.24, 2.45) is 0 Å². The lowest BCUT2D eigenvalue weighted by atomic mass is 10.2. The molecule has 1 aliphatic rings. The molecule has 1 amide bonds. The Morgan fingerprint density at radius 1 is 1.37 bits per heavy atom. The number of nitrogens with zero attached hydrogens (tertiary/aromatic N) is 1. The number of hydrogen-bond acceptors (Lipinski definition) is 5. The number of thioether (sulfide) groups is 1. The van der Waals surface area contributed by atoms with Gasteiger partial charge in [-0.05, 0) is 31.4 Å². The van der Waals surface area contributed by atoms with Crippen molar-refractivity contribution in [2.75, 3.05) is 30.0 Å². The summed E-state index contributed by atoms with van der Waals surface area (Å²) in [6, 6.07) is 5.98. The molecule has 8 heteroatoms. The maximum Gasteiger partial charge on any atom is 0.243 e. The van der Waals surface area contributed by atoms with Crippen LogP contribution in [0, 0.1) is 0 Å². The Morgan fingerprint density at radius 2 is 2.07 bits per heavy atom. The zero-order valence-electron chi connectivity index (χ0n) is 16.3. The molecule has 0 bridgehead atoms. The van der Waals surface area contributed by atoms with Gasteiger partial charge in [-0.1, -0.05) is 25.8 Å². The first-order valence-electron chi connectivity index (χ1n) is 9.39. The number of benzene rings is 1. The van der Waals surface area contributed by atoms with E-state index in [1.54, 1.807) is 24.3 Å². The van der Waals surface area contributed by atoms with E-state index in [9.17, 15) is 13.2 Å². The third kappa shape index (κ3) is 6.31. The fourth-order valence-corrected chi connectivity index (χ4v) is 5.80. The van der Waals surface area contributed by atoms with Crippen molar-refractivity contribution >= 4 is 33.4 Å². The normalized spacial score (nSPS) is 16.1. The maximum absolute atomic E-state index is 12.7. The van der Waals surface area contributed by atoms with Gasteiger partial charge in [0.25, 0.3) is 0 Å². The van der Waals surface area contributed by atoms with E-state index in [1.165, 1.54) is 37.1 Å². The van der Waals surface area contributed by atoms with Crippen LogP contribution in [0.25, 0.3) is 0 Å². The van der Waals surface area contributed by atoms with E-state index in [0.717, 1.165) is 12.0 Å². The van der Waals surface area contributed by atoms with Crippen LogP contribution in [-0.4, -0.2) is 51.3 Å². The SMILES string of the molecule is CC[C@H](C(=O)NCCSC1CCCC1)N(c1cccc(OC)c1)S(C)(=O)=O. The molecule has 1 aliphatic carbocycles. The van der Waals surface area contributed by atoms with Gasteiger partial charge in [-0.15, -0.1) is 0 Å². The number of amides is 1. The third-order valence-corrected chi connectivity index (χ3v) is 7.26. The predicted octanol–water partition coefficient (Wildman–Crippen LogP) is 3.03. The molecule has 152 valence electrons. The summed E-state index contributed by atoms with van der Waals surface area (Å²) in [6.07, 6.45) is 6.61. The molecule has 0 radical (unpaired) electrons. The second-order valence-electron chi connectivity index (χ2n) is 6.75. The summed E-state index contributed by atoms with van der Waals surface area (Å²) in [6.45, 7) is 2.36. The molecule has 1 N–H and O–H groups in total. The Hall–Kier alpha value is -1.41. The molecule has 27 heavy (non-hydrogen) atoms. The lowest BCUT2D eigenvalue weighted by molar-refractivity contribution is -0.122. The number of carbonyl (C=O) groups is 1. The van der Waals surface area contributed by atoms with Gasteiger partial charge in [0.05, 0.1) is 19.1 Å². The Morgan fingerprint density at radius 3 is 2.67 bits per heavy atom. The fourth-order valence-electron chi connectivity index (χ4n) is 3.38. The molecule has 0 aromatic heterocycles. The van der Waals surface area contributed by atoms with Crippen molar-refractivity contribution in [3.8, 4) is 5.75 Å². The monoisotopic (exact) mass is 414 g/mol. The highest BCUT2D eigenvalue weighted by atomic mass is 32.2. The molecule has 1 atom stereocenters. The molecule has 1 fully saturated rings. The lowest BCUT2D eigenvalue weighted by Crippen LogP contribution is -2.49. The molecule has 0 unspecified atom stereocenters. The standard InChI is InChI=1S/C19H30N2O4S2/c1-4-18(19(22)20-12-13-26-17-10-5-6-11-17)21(27(3,23)24)15-8-7-9-16(14-15)25-2/h7-9,14,17-18H,4-6,10-13H2,1-3H3,(H,20,22)/t18-/m1/s1. The number of rotatable bonds is 10. The number of anilines is 1. The molecule has 2 rings (SSSR count). The average Bonchev–Trinajstić information content (AvgIpc) is 3.15. The summed E-state index contributed by atoms with van der Waals surface area (Å²) in [5.41, 5.74) is 0.430. The van der Waals surface area contributed by atoms with E-state index in [1.807, 2.05) is 18.7 Å². The second kappa shape index (κ2) is 10.2. The molecule has 0 aliphatic heterocycles. The molecular formula is C19H30N2O4S2. The van der Waals surface area contributed by atoms with Crippen LogP contribution in [0.15, 0.2) is 24.3 Å². The van der Waals surface area contributed by atoms with E-state index in [4.69, 9.17) is 4.74 Å². The Kier molecular flexibility index (Phi) is 8.28. The highest BCUT2D eigenvalue weighted by molar-refractivity contribution is 7.99. The van der Waals surface area contributed by atoms with Gasteiger partial charge in [-0.2, -0.15) is 11.8 Å². The van der Waals surface area contributed by atoms with Crippen LogP contribution in [0.1, 0.15) is 39.0 Å². The van der Waals surface area contributed by atoms with Gasteiger partial charge in [0, 0.05) is 23.6 Å². The van der Waals surface area contributed by atoms with E-state index < -0.39 is 16.1 Å². The van der Waals surface area contributed by atoms with Crippen LogP contribution >= 0.6 is 11.8 Å². The first-order chi connectivity index (χ1) is 12.9. The van der Waals surface area contributed by atoms with Crippen LogP contribution in [0.5, 0.6) is 5.75 Å². The Bertz CT molecular complexity index is 718. The van der Waals surface area contributed by atoms with Crippen LogP contribution in [0.3, 0.4) is 0 Å². The molecule has 0 spiro atoms. The first-order valence-corrected chi connectivity index (χ1v) is 12.3. The molecule has 6 nitrogen and oxygen atoms in total. The Balaban J connectivity index is 2.05. The van der Waals surface area contributed by atoms with Gasteiger partial charge in [-0.3, -0.25) is 9.10 Å². The predicted molar refractivity (Wildman–Crippen MR) is 112 cm³/mol. The molecular weight excluding hydrogens is 384 g/mol. The zero-order chi connectivity index (χ0) is 19.9. The maximum atomic E-state index is 12.7. The van der Waals surface area contributed by atoms with Crippen molar-refractivity contribution in [1.29, 1.82) is 0 Å². The number of sulfonamides is 1. The summed E-state index contributed by atoms with van der Waals surface area (Å²) in [4.78, 5) is 12.7. The molecule has 1 saturated carbocycles. The summed E-state index contributed by atoms with van der Waals surface area (Å²) in [7, 11) is -2.11. The topological polar surface area (TPSA) is 75.7 Å². The highest BCUT2D eigenvalue weighted by Gasteiger charge is 2.31. The van der Waals surface area contributed by atoms with Gasteiger partial charge in [-0.25, -0.2) is 8.42 Å². The largest absolute Gasteiger partial charge is 0.497 e. The molecule has 0 saturated heterocycles. The van der Waals surface area contributed by atoms with Gasteiger partial charge < -0.3 is 10.1 Å². The van der Waals surface area contributed by atoms with Crippen molar-refractivity contribution < 1.29 is 17.9 Å². The van der Waals surface area contributed by atoms with Crippen LogP contribution in [0.4, 0.5) is 5.69 Å². The minimum absolute atomic E-state index is 0.266. The van der Waals surface area contributed by atoms with Gasteiger partial charge in [0.1, 0.15) is 11.8 Å². The molecule has 1 aromatic rings. The van der Waals surface area contributed by atoms with Gasteiger partial charge >= 0.3 is 0 Å². The quantitative estimate of drug-likeness (QED) is 0.596. The average molecular weight is 415 g/mol. The number of nitrogens with one attached hydrogen (secondary N) is 1. The van der Waals surface area contributed by atoms with Crippen molar-refractivity contribution in [1.82, 2.24) is 5.32 Å². The summed E-state index contributed by atoms with van der Waals surface area (Å²) in [5.74, 6) is 1.13. The van der Waals surface area contributed by atoms with E-state index in [0.29, 0.717) is 29.7 Å². The second-order valence-corrected chi connectivity index (χ2v) is 10.0. The third-order valence-electron chi connectivity index (χ3n) is 4.69. The van der Waals surface area contributed by atoms with Crippen molar-refractivity contribution in [3.05, 3.63) is 24.3 Å². The number of ether oxygens (including phenoxy) is 1. The first kappa shape index (κ1) is 21.9. The van der Waals surface area contributed by atoms with E-state index in [2.05, 4.69) is 5.32 Å². The van der Waals surface area contributed by atoms with Gasteiger partial charge in [0.15, 0.2) is 0 Å². The summed E-state index contributed by atoms with van der Waals surface area (Å²) in [5, 5.41) is 3.61. The zero-order valence-corrected chi connectivity index (χ0v) is 17.9. The lowest BCUT2D eigenvalue weighted by Gasteiger charge is -2.30. The van der Waals surface area contributed by atoms with Crippen molar-refractivity contribution in [3.63, 3.8) is 0 Å². The number of hydrogen-bond donors (Lipinski definition) is 1. The number of methoxy groups -OCH3 is 1.